The van der Waals surface area contributed by atoms with Crippen LogP contribution in [0.1, 0.15) is 37.3 Å². The Hall–Kier alpha value is -4.19. The van der Waals surface area contributed by atoms with Gasteiger partial charge in [0.25, 0.3) is 11.5 Å². The number of aliphatic hydroxyl groups is 1. The quantitative estimate of drug-likeness (QED) is 0.220. The highest BCUT2D eigenvalue weighted by Crippen LogP contribution is 2.60. The average Bonchev–Trinajstić information content (AvgIpc) is 3.72. The van der Waals surface area contributed by atoms with Crippen molar-refractivity contribution in [2.45, 2.75) is 69.1 Å². The maximum atomic E-state index is 16.2. The fourth-order valence-corrected chi connectivity index (χ4v) is 10.7. The number of rotatable bonds is 7. The summed E-state index contributed by atoms with van der Waals surface area (Å²) in [6, 6.07) is 21.9. The second kappa shape index (κ2) is 11.8. The van der Waals surface area contributed by atoms with Gasteiger partial charge in [-0.25, -0.2) is 0 Å². The molecule has 1 spiro atoms. The maximum Gasteiger partial charge on any atom is 0.279 e. The number of benzene rings is 3. The number of para-hydroxylation sites is 1. The number of halogens is 1. The van der Waals surface area contributed by atoms with Crippen LogP contribution in [0.4, 0.5) is 9.80 Å². The molecule has 0 saturated carbocycles. The standard InChI is InChI=1S/C36H39FN4O5Si/c1-23-33(47(2,3)37)31(19-32(43)39-18-8-10-27(39)22-42)46-36(23)29-12-6-7-13-30(29)40(35(36)45)21-24-14-16-26(17-15-24)41-34(44)28-11-5-4-9-25(28)20-38-41/h4-7,9,11-17,20,23,27,31,33,42H,8,10,18-19,21-22H2,1-3H3/t23-,27+,31+,33-,36+/m1/s1. The summed E-state index contributed by atoms with van der Waals surface area (Å²) in [4.78, 5) is 44.6. The highest BCUT2D eigenvalue weighted by molar-refractivity contribution is 6.72. The van der Waals surface area contributed by atoms with Gasteiger partial charge in [-0.3, -0.25) is 14.4 Å². The van der Waals surface area contributed by atoms with Crippen LogP contribution in [0.3, 0.4) is 0 Å². The van der Waals surface area contributed by atoms with Gasteiger partial charge in [0, 0.05) is 29.0 Å². The summed E-state index contributed by atoms with van der Waals surface area (Å²) in [5, 5.41) is 15.5. The first kappa shape index (κ1) is 31.4. The van der Waals surface area contributed by atoms with Crippen molar-refractivity contribution < 1.29 is 23.5 Å². The maximum absolute atomic E-state index is 16.2. The molecule has 7 rings (SSSR count). The van der Waals surface area contributed by atoms with E-state index >= 15 is 4.11 Å². The minimum absolute atomic E-state index is 0.0350. The molecule has 5 atom stereocenters. The number of carbonyl (C=O) groups excluding carboxylic acids is 2. The van der Waals surface area contributed by atoms with Crippen LogP contribution in [0.25, 0.3) is 16.5 Å². The molecule has 2 fully saturated rings. The Bertz CT molecular complexity index is 1910. The molecule has 0 radical (unpaired) electrons. The van der Waals surface area contributed by atoms with Crippen LogP contribution >= 0.6 is 0 Å². The van der Waals surface area contributed by atoms with E-state index in [2.05, 4.69) is 5.10 Å². The smallest absolute Gasteiger partial charge is 0.279 e. The van der Waals surface area contributed by atoms with E-state index in [-0.39, 0.29) is 43.0 Å². The number of hydrogen-bond donors (Lipinski definition) is 1. The van der Waals surface area contributed by atoms with Gasteiger partial charge in [-0.15, -0.1) is 0 Å². The molecule has 0 bridgehead atoms. The zero-order chi connectivity index (χ0) is 33.1. The highest BCUT2D eigenvalue weighted by atomic mass is 28.4. The monoisotopic (exact) mass is 654 g/mol. The summed E-state index contributed by atoms with van der Waals surface area (Å²) in [7, 11) is -3.43. The molecule has 3 aromatic carbocycles. The minimum Gasteiger partial charge on any atom is -0.394 e. The SMILES string of the molecule is C[C@@H]1[C@@H]([Si](C)(C)F)[C@H](CC(=O)N2CCC[C@H]2CO)O[C@@]12C(=O)N(Cc1ccc(-n3ncc4ccccc4c3=O)cc1)c1ccccc12. The normalized spacial score (nSPS) is 25.7. The Labute approximate surface area is 273 Å². The summed E-state index contributed by atoms with van der Waals surface area (Å²) < 4.78 is 24.3. The van der Waals surface area contributed by atoms with Crippen molar-refractivity contribution in [2.75, 3.05) is 18.1 Å². The molecule has 2 amide bonds. The summed E-state index contributed by atoms with van der Waals surface area (Å²) >= 11 is 0. The molecule has 9 nitrogen and oxygen atoms in total. The third-order valence-corrected chi connectivity index (χ3v) is 12.8. The Morgan fingerprint density at radius 3 is 2.53 bits per heavy atom. The number of nitrogens with zero attached hydrogens (tertiary/aromatic N) is 4. The van der Waals surface area contributed by atoms with Crippen LogP contribution < -0.4 is 10.5 Å². The molecule has 0 aliphatic carbocycles. The molecule has 4 heterocycles. The van der Waals surface area contributed by atoms with Gasteiger partial charge in [-0.05, 0) is 55.8 Å². The number of aliphatic hydroxyl groups excluding tert-OH is 1. The van der Waals surface area contributed by atoms with Gasteiger partial charge >= 0.3 is 0 Å². The molecule has 1 aromatic heterocycles. The van der Waals surface area contributed by atoms with Crippen molar-refractivity contribution in [3.63, 3.8) is 0 Å². The number of ether oxygens (including phenoxy) is 1. The largest absolute Gasteiger partial charge is 0.394 e. The topological polar surface area (TPSA) is 105 Å². The van der Waals surface area contributed by atoms with Gasteiger partial charge in [0.15, 0.2) is 5.60 Å². The van der Waals surface area contributed by atoms with Crippen LogP contribution in [0.15, 0.2) is 83.8 Å². The number of fused-ring (bicyclic) bond motifs is 3. The van der Waals surface area contributed by atoms with Crippen LogP contribution in [0, 0.1) is 5.92 Å². The van der Waals surface area contributed by atoms with E-state index in [1.807, 2.05) is 73.7 Å². The first-order valence-electron chi connectivity index (χ1n) is 16.3. The van der Waals surface area contributed by atoms with Gasteiger partial charge in [0.05, 0.1) is 54.7 Å². The molecule has 2 saturated heterocycles. The predicted molar refractivity (Wildman–Crippen MR) is 179 cm³/mol. The van der Waals surface area contributed by atoms with Crippen molar-refractivity contribution in [2.24, 2.45) is 5.92 Å². The molecule has 0 unspecified atom stereocenters. The third kappa shape index (κ3) is 5.11. The summed E-state index contributed by atoms with van der Waals surface area (Å²) in [6.07, 6.45) is 2.41. The molecule has 1 N–H and O–H groups in total. The van der Waals surface area contributed by atoms with E-state index in [0.717, 1.165) is 23.8 Å². The lowest BCUT2D eigenvalue weighted by Gasteiger charge is -2.31. The lowest BCUT2D eigenvalue weighted by Crippen LogP contribution is -2.45. The molecule has 47 heavy (non-hydrogen) atoms. The number of amides is 2. The Morgan fingerprint density at radius 1 is 1.06 bits per heavy atom. The van der Waals surface area contributed by atoms with Crippen LogP contribution in [0.2, 0.25) is 18.6 Å². The molecule has 244 valence electrons. The lowest BCUT2D eigenvalue weighted by atomic mass is 9.82. The van der Waals surface area contributed by atoms with Crippen molar-refractivity contribution in [3.05, 3.63) is 100 Å². The van der Waals surface area contributed by atoms with Gasteiger partial charge in [0.1, 0.15) is 0 Å². The average molecular weight is 655 g/mol. The molecular formula is C36H39FN4O5Si. The Morgan fingerprint density at radius 2 is 1.79 bits per heavy atom. The van der Waals surface area contributed by atoms with Gasteiger partial charge in [-0.2, -0.15) is 9.78 Å². The van der Waals surface area contributed by atoms with Gasteiger partial charge < -0.3 is 23.8 Å². The second-order valence-corrected chi connectivity index (χ2v) is 17.4. The van der Waals surface area contributed by atoms with Crippen LogP contribution in [0.5, 0.6) is 0 Å². The number of carbonyl (C=O) groups is 2. The van der Waals surface area contributed by atoms with E-state index in [1.165, 1.54) is 4.68 Å². The minimum atomic E-state index is -3.43. The fraction of sp³-hybridized carbons (Fsp3) is 0.389. The summed E-state index contributed by atoms with van der Waals surface area (Å²) in [6.45, 7) is 5.82. The summed E-state index contributed by atoms with van der Waals surface area (Å²) in [5.41, 5.74) is 0.595. The van der Waals surface area contributed by atoms with Crippen molar-refractivity contribution in [1.82, 2.24) is 14.7 Å². The molecule has 4 aromatic rings. The number of hydrogen-bond acceptors (Lipinski definition) is 6. The Balaban J connectivity index is 1.19. The number of aromatic nitrogens is 2. The summed E-state index contributed by atoms with van der Waals surface area (Å²) in [5.74, 6) is -0.948. The van der Waals surface area contributed by atoms with Crippen molar-refractivity contribution in [1.29, 1.82) is 0 Å². The van der Waals surface area contributed by atoms with Gasteiger partial charge in [0.2, 0.25) is 14.3 Å². The highest BCUT2D eigenvalue weighted by Gasteiger charge is 2.67. The van der Waals surface area contributed by atoms with Crippen molar-refractivity contribution >= 4 is 36.7 Å². The number of anilines is 1. The first-order chi connectivity index (χ1) is 22.5. The predicted octanol–water partition coefficient (Wildman–Crippen LogP) is 5.08. The van der Waals surface area contributed by atoms with E-state index in [1.54, 1.807) is 35.2 Å². The van der Waals surface area contributed by atoms with E-state index in [4.69, 9.17) is 4.74 Å². The van der Waals surface area contributed by atoms with Crippen LogP contribution in [-0.4, -0.2) is 65.3 Å². The first-order valence-corrected chi connectivity index (χ1v) is 19.2. The van der Waals surface area contributed by atoms with E-state index in [0.29, 0.717) is 28.9 Å². The van der Waals surface area contributed by atoms with Gasteiger partial charge in [-0.1, -0.05) is 55.5 Å². The zero-order valence-electron chi connectivity index (χ0n) is 26.8. The van der Waals surface area contributed by atoms with Crippen molar-refractivity contribution in [3.8, 4) is 5.69 Å². The van der Waals surface area contributed by atoms with E-state index < -0.39 is 31.6 Å². The second-order valence-electron chi connectivity index (χ2n) is 13.6. The van der Waals surface area contributed by atoms with Crippen LogP contribution in [-0.2, 0) is 26.5 Å². The zero-order valence-corrected chi connectivity index (χ0v) is 27.8. The third-order valence-electron chi connectivity index (χ3n) is 10.4. The molecule has 3 aliphatic rings. The molecule has 11 heteroatoms. The lowest BCUT2D eigenvalue weighted by molar-refractivity contribution is -0.150. The fourth-order valence-electron chi connectivity index (χ4n) is 8.20. The molecular weight excluding hydrogens is 616 g/mol. The molecule has 3 aliphatic heterocycles. The van der Waals surface area contributed by atoms with E-state index in [9.17, 15) is 19.5 Å². The Kier molecular flexibility index (Phi) is 7.89. The number of likely N-dealkylation sites (tertiary alicyclic amines) is 1.